The molecule has 0 atom stereocenters. The number of nitrogens with one attached hydrogen (secondary N) is 1. The number of hydrogen-bond acceptors (Lipinski definition) is 2. The molecule has 0 unspecified atom stereocenters. The summed E-state index contributed by atoms with van der Waals surface area (Å²) in [7, 11) is 0. The summed E-state index contributed by atoms with van der Waals surface area (Å²) in [4.78, 5) is 7.35. The van der Waals surface area contributed by atoms with Crippen LogP contribution in [0.25, 0.3) is 22.4 Å². The molecule has 0 spiro atoms. The molecule has 0 bridgehead atoms. The first-order valence-electron chi connectivity index (χ1n) is 5.87. The third kappa shape index (κ3) is 2.09. The minimum atomic E-state index is -4.34. The number of aromatic amines is 1. The molecular formula is C14H10F3N3. The van der Waals surface area contributed by atoms with Crippen molar-refractivity contribution >= 4 is 16.7 Å². The molecule has 0 fully saturated rings. The summed E-state index contributed by atoms with van der Waals surface area (Å²) in [6.45, 7) is 0. The van der Waals surface area contributed by atoms with Gasteiger partial charge in [-0.05, 0) is 24.3 Å². The molecule has 3 N–H and O–H groups in total. The van der Waals surface area contributed by atoms with Crippen LogP contribution in [0, 0.1) is 0 Å². The number of anilines is 1. The number of nitrogens with zero attached hydrogens (tertiary/aromatic N) is 1. The number of rotatable bonds is 1. The average Bonchev–Trinajstić information content (AvgIpc) is 2.83. The first kappa shape index (κ1) is 12.5. The largest absolute Gasteiger partial charge is 0.416 e. The van der Waals surface area contributed by atoms with Gasteiger partial charge in [-0.25, -0.2) is 4.98 Å². The summed E-state index contributed by atoms with van der Waals surface area (Å²) in [6.07, 6.45) is -4.34. The molecule has 1 aromatic heterocycles. The third-order valence-corrected chi connectivity index (χ3v) is 3.03. The summed E-state index contributed by atoms with van der Waals surface area (Å²) in [5.74, 6) is 0.492. The Kier molecular flexibility index (Phi) is 2.67. The zero-order chi connectivity index (χ0) is 14.3. The van der Waals surface area contributed by atoms with Crippen LogP contribution in [0.2, 0.25) is 0 Å². The Hall–Kier alpha value is -2.50. The van der Waals surface area contributed by atoms with Gasteiger partial charge in [-0.3, -0.25) is 0 Å². The predicted octanol–water partition coefficient (Wildman–Crippen LogP) is 3.83. The fraction of sp³-hybridized carbons (Fsp3) is 0.0714. The van der Waals surface area contributed by atoms with Gasteiger partial charge in [-0.15, -0.1) is 0 Å². The van der Waals surface area contributed by atoms with Crippen molar-refractivity contribution in [2.24, 2.45) is 0 Å². The summed E-state index contributed by atoms with van der Waals surface area (Å²) in [5.41, 5.74) is 7.58. The van der Waals surface area contributed by atoms with Gasteiger partial charge in [0.15, 0.2) is 0 Å². The average molecular weight is 277 g/mol. The standard InChI is InChI=1S/C14H10F3N3/c15-14(16,17)9-6-4-8(5-7-9)13-19-11-3-1-2-10(18)12(11)20-13/h1-7H,18H2,(H,19,20). The van der Waals surface area contributed by atoms with Crippen LogP contribution in [-0.2, 0) is 6.18 Å². The minimum absolute atomic E-state index is 0.492. The Bertz CT molecular complexity index is 757. The Morgan fingerprint density at radius 3 is 2.30 bits per heavy atom. The van der Waals surface area contributed by atoms with Gasteiger partial charge in [-0.2, -0.15) is 13.2 Å². The molecule has 0 aliphatic rings. The molecule has 102 valence electrons. The van der Waals surface area contributed by atoms with Crippen molar-refractivity contribution in [2.45, 2.75) is 6.18 Å². The Balaban J connectivity index is 2.05. The number of nitrogen functional groups attached to an aromatic ring is 1. The van der Waals surface area contributed by atoms with E-state index in [1.165, 1.54) is 12.1 Å². The van der Waals surface area contributed by atoms with Crippen molar-refractivity contribution in [2.75, 3.05) is 5.73 Å². The maximum absolute atomic E-state index is 12.5. The molecule has 0 saturated carbocycles. The van der Waals surface area contributed by atoms with Gasteiger partial charge in [0.25, 0.3) is 0 Å². The van der Waals surface area contributed by atoms with E-state index in [-0.39, 0.29) is 0 Å². The van der Waals surface area contributed by atoms with E-state index in [0.717, 1.165) is 17.6 Å². The molecule has 3 rings (SSSR count). The minimum Gasteiger partial charge on any atom is -0.397 e. The lowest BCUT2D eigenvalue weighted by molar-refractivity contribution is -0.137. The molecule has 3 nitrogen and oxygen atoms in total. The van der Waals surface area contributed by atoms with E-state index in [4.69, 9.17) is 5.73 Å². The molecule has 0 aliphatic carbocycles. The monoisotopic (exact) mass is 277 g/mol. The van der Waals surface area contributed by atoms with Crippen molar-refractivity contribution < 1.29 is 13.2 Å². The quantitative estimate of drug-likeness (QED) is 0.664. The van der Waals surface area contributed by atoms with Gasteiger partial charge < -0.3 is 10.7 Å². The molecule has 3 aromatic rings. The van der Waals surface area contributed by atoms with Crippen LogP contribution in [-0.4, -0.2) is 9.97 Å². The summed E-state index contributed by atoms with van der Waals surface area (Å²) in [5, 5.41) is 0. The normalized spacial score (nSPS) is 11.9. The molecule has 6 heteroatoms. The summed E-state index contributed by atoms with van der Waals surface area (Å²) >= 11 is 0. The third-order valence-electron chi connectivity index (χ3n) is 3.03. The molecule has 0 amide bonds. The van der Waals surface area contributed by atoms with Crippen LogP contribution in [0.15, 0.2) is 42.5 Å². The molecule has 0 saturated heterocycles. The maximum Gasteiger partial charge on any atom is 0.416 e. The molecule has 2 aromatic carbocycles. The van der Waals surface area contributed by atoms with Crippen molar-refractivity contribution in [1.29, 1.82) is 0 Å². The van der Waals surface area contributed by atoms with Crippen molar-refractivity contribution in [3.05, 3.63) is 48.0 Å². The fourth-order valence-corrected chi connectivity index (χ4v) is 2.01. The van der Waals surface area contributed by atoms with Crippen molar-refractivity contribution in [1.82, 2.24) is 9.97 Å². The fourth-order valence-electron chi connectivity index (χ4n) is 2.01. The number of nitrogens with two attached hydrogens (primary N) is 1. The Labute approximate surface area is 112 Å². The van der Waals surface area contributed by atoms with E-state index in [9.17, 15) is 13.2 Å². The highest BCUT2D eigenvalue weighted by molar-refractivity contribution is 5.89. The number of aromatic nitrogens is 2. The van der Waals surface area contributed by atoms with Crippen LogP contribution < -0.4 is 5.73 Å². The van der Waals surface area contributed by atoms with Gasteiger partial charge in [0.1, 0.15) is 11.3 Å². The van der Waals surface area contributed by atoms with Crippen LogP contribution in [0.3, 0.4) is 0 Å². The molecule has 0 aliphatic heterocycles. The van der Waals surface area contributed by atoms with Crippen molar-refractivity contribution in [3.63, 3.8) is 0 Å². The lowest BCUT2D eigenvalue weighted by Gasteiger charge is -2.06. The SMILES string of the molecule is Nc1cccc2[nH]c(-c3ccc(C(F)(F)F)cc3)nc12. The number of benzene rings is 2. The number of H-pyrrole nitrogens is 1. The second kappa shape index (κ2) is 4.26. The van der Waals surface area contributed by atoms with Gasteiger partial charge in [-0.1, -0.05) is 18.2 Å². The van der Waals surface area contributed by atoms with E-state index in [2.05, 4.69) is 9.97 Å². The van der Waals surface area contributed by atoms with Gasteiger partial charge in [0, 0.05) is 5.56 Å². The molecule has 1 heterocycles. The van der Waals surface area contributed by atoms with E-state index in [0.29, 0.717) is 22.6 Å². The van der Waals surface area contributed by atoms with E-state index in [1.54, 1.807) is 12.1 Å². The second-order valence-electron chi connectivity index (χ2n) is 4.40. The van der Waals surface area contributed by atoms with E-state index >= 15 is 0 Å². The van der Waals surface area contributed by atoms with Crippen LogP contribution >= 0.6 is 0 Å². The van der Waals surface area contributed by atoms with Gasteiger partial charge in [0.2, 0.25) is 0 Å². The molecule has 20 heavy (non-hydrogen) atoms. The van der Waals surface area contributed by atoms with Crippen LogP contribution in [0.5, 0.6) is 0 Å². The highest BCUT2D eigenvalue weighted by Gasteiger charge is 2.30. The molecule has 0 radical (unpaired) electrons. The lowest BCUT2D eigenvalue weighted by Crippen LogP contribution is -2.04. The van der Waals surface area contributed by atoms with Crippen LogP contribution in [0.4, 0.5) is 18.9 Å². The van der Waals surface area contributed by atoms with E-state index in [1.807, 2.05) is 6.07 Å². The summed E-state index contributed by atoms with van der Waals surface area (Å²) in [6, 6.07) is 10.2. The second-order valence-corrected chi connectivity index (χ2v) is 4.40. The van der Waals surface area contributed by atoms with E-state index < -0.39 is 11.7 Å². The van der Waals surface area contributed by atoms with Crippen molar-refractivity contribution in [3.8, 4) is 11.4 Å². The maximum atomic E-state index is 12.5. The highest BCUT2D eigenvalue weighted by atomic mass is 19.4. The zero-order valence-electron chi connectivity index (χ0n) is 10.2. The smallest absolute Gasteiger partial charge is 0.397 e. The lowest BCUT2D eigenvalue weighted by atomic mass is 10.1. The first-order chi connectivity index (χ1) is 9.45. The number of hydrogen-bond donors (Lipinski definition) is 2. The Morgan fingerprint density at radius 2 is 1.70 bits per heavy atom. The zero-order valence-corrected chi connectivity index (χ0v) is 10.2. The van der Waals surface area contributed by atoms with Crippen LogP contribution in [0.1, 0.15) is 5.56 Å². The number of imidazole rings is 1. The van der Waals surface area contributed by atoms with Gasteiger partial charge in [0.05, 0.1) is 16.8 Å². The first-order valence-corrected chi connectivity index (χ1v) is 5.87. The molecular weight excluding hydrogens is 267 g/mol. The highest BCUT2D eigenvalue weighted by Crippen LogP contribution is 2.31. The Morgan fingerprint density at radius 1 is 1.00 bits per heavy atom. The van der Waals surface area contributed by atoms with Gasteiger partial charge >= 0.3 is 6.18 Å². The topological polar surface area (TPSA) is 54.7 Å². The predicted molar refractivity (Wildman–Crippen MR) is 70.9 cm³/mol. The summed E-state index contributed by atoms with van der Waals surface area (Å²) < 4.78 is 37.5. The number of fused-ring (bicyclic) bond motifs is 1. The number of halogens is 3. The number of para-hydroxylation sites is 1. The number of alkyl halides is 3.